The molecule has 2 N–H and O–H groups in total. The van der Waals surface area contributed by atoms with Gasteiger partial charge in [-0.25, -0.2) is 0 Å². The van der Waals surface area contributed by atoms with Crippen molar-refractivity contribution in [1.29, 1.82) is 0 Å². The lowest BCUT2D eigenvalue weighted by atomic mass is 10.1. The van der Waals surface area contributed by atoms with E-state index >= 15 is 0 Å². The molecule has 3 rings (SSSR count). The fraction of sp³-hybridized carbons (Fsp3) is 0.286. The summed E-state index contributed by atoms with van der Waals surface area (Å²) in [6, 6.07) is 13.4. The number of carbonyl (C=O) groups is 3. The normalized spacial score (nSPS) is 13.8. The largest absolute Gasteiger partial charge is 0.427 e. The van der Waals surface area contributed by atoms with E-state index in [0.29, 0.717) is 22.7 Å². The standard InChI is InChI=1S/C21H22N2O4/c1-14(24)27-19-8-4-7-16(13-19)21(26)23-18-11-9-17(10-12-18)22-20(25)15-5-2-3-6-15/h4,7-13,15H,2-3,5-6H2,1H3,(H,22,25)(H,23,26). The van der Waals surface area contributed by atoms with E-state index in [1.54, 1.807) is 42.5 Å². The first-order valence-electron chi connectivity index (χ1n) is 9.02. The Hall–Kier alpha value is -3.15. The molecule has 0 aromatic heterocycles. The first kappa shape index (κ1) is 18.6. The highest BCUT2D eigenvalue weighted by atomic mass is 16.5. The van der Waals surface area contributed by atoms with E-state index in [1.165, 1.54) is 13.0 Å². The molecule has 0 bridgehead atoms. The van der Waals surface area contributed by atoms with Crippen molar-refractivity contribution in [3.05, 3.63) is 54.1 Å². The number of hydrogen-bond acceptors (Lipinski definition) is 4. The highest BCUT2D eigenvalue weighted by Crippen LogP contribution is 2.26. The Morgan fingerprint density at radius 3 is 2.19 bits per heavy atom. The Bertz CT molecular complexity index is 840. The van der Waals surface area contributed by atoms with Crippen LogP contribution in [0.4, 0.5) is 11.4 Å². The predicted octanol–water partition coefficient (Wildman–Crippen LogP) is 3.99. The molecule has 2 aromatic carbocycles. The summed E-state index contributed by atoms with van der Waals surface area (Å²) >= 11 is 0. The second-order valence-corrected chi connectivity index (χ2v) is 6.62. The average Bonchev–Trinajstić information content (AvgIpc) is 3.18. The number of amides is 2. The molecule has 0 saturated heterocycles. The number of anilines is 2. The summed E-state index contributed by atoms with van der Waals surface area (Å²) in [7, 11) is 0. The molecular formula is C21H22N2O4. The minimum Gasteiger partial charge on any atom is -0.427 e. The van der Waals surface area contributed by atoms with Gasteiger partial charge in [0.2, 0.25) is 5.91 Å². The summed E-state index contributed by atoms with van der Waals surface area (Å²) in [6.07, 6.45) is 4.13. The Morgan fingerprint density at radius 2 is 1.56 bits per heavy atom. The second kappa shape index (κ2) is 8.49. The van der Waals surface area contributed by atoms with Crippen molar-refractivity contribution in [3.63, 3.8) is 0 Å². The molecule has 1 aliphatic rings. The van der Waals surface area contributed by atoms with Gasteiger partial charge in [0.05, 0.1) is 0 Å². The van der Waals surface area contributed by atoms with E-state index in [9.17, 15) is 14.4 Å². The molecule has 0 spiro atoms. The molecule has 2 aromatic rings. The van der Waals surface area contributed by atoms with E-state index in [1.807, 2.05) is 0 Å². The summed E-state index contributed by atoms with van der Waals surface area (Å²) in [6.45, 7) is 1.31. The molecular weight excluding hydrogens is 344 g/mol. The number of rotatable bonds is 5. The number of esters is 1. The molecule has 0 unspecified atom stereocenters. The highest BCUT2D eigenvalue weighted by Gasteiger charge is 2.22. The van der Waals surface area contributed by atoms with Gasteiger partial charge in [-0.15, -0.1) is 0 Å². The van der Waals surface area contributed by atoms with Crippen LogP contribution in [0.1, 0.15) is 43.0 Å². The third kappa shape index (κ3) is 5.17. The van der Waals surface area contributed by atoms with Crippen molar-refractivity contribution in [2.75, 3.05) is 10.6 Å². The maximum absolute atomic E-state index is 12.4. The van der Waals surface area contributed by atoms with Crippen molar-refractivity contribution in [1.82, 2.24) is 0 Å². The van der Waals surface area contributed by atoms with Crippen molar-refractivity contribution in [2.45, 2.75) is 32.6 Å². The highest BCUT2D eigenvalue weighted by molar-refractivity contribution is 6.04. The summed E-state index contributed by atoms with van der Waals surface area (Å²) in [5, 5.41) is 5.70. The summed E-state index contributed by atoms with van der Waals surface area (Å²) < 4.78 is 4.99. The van der Waals surface area contributed by atoms with Crippen LogP contribution in [-0.4, -0.2) is 17.8 Å². The molecule has 1 saturated carbocycles. The molecule has 140 valence electrons. The van der Waals surface area contributed by atoms with Crippen LogP contribution in [-0.2, 0) is 9.59 Å². The molecule has 6 nitrogen and oxygen atoms in total. The topological polar surface area (TPSA) is 84.5 Å². The van der Waals surface area contributed by atoms with E-state index < -0.39 is 5.97 Å². The third-order valence-corrected chi connectivity index (χ3v) is 4.49. The second-order valence-electron chi connectivity index (χ2n) is 6.62. The molecule has 6 heteroatoms. The zero-order valence-corrected chi connectivity index (χ0v) is 15.2. The van der Waals surface area contributed by atoms with E-state index in [0.717, 1.165) is 25.7 Å². The molecule has 1 fully saturated rings. The van der Waals surface area contributed by atoms with Gasteiger partial charge < -0.3 is 15.4 Å². The van der Waals surface area contributed by atoms with Crippen LogP contribution >= 0.6 is 0 Å². The zero-order chi connectivity index (χ0) is 19.2. The fourth-order valence-electron chi connectivity index (χ4n) is 3.14. The maximum atomic E-state index is 12.4. The van der Waals surface area contributed by atoms with Crippen molar-refractivity contribution < 1.29 is 19.1 Å². The first-order chi connectivity index (χ1) is 13.0. The SMILES string of the molecule is CC(=O)Oc1cccc(C(=O)Nc2ccc(NC(=O)C3CCCC3)cc2)c1. The van der Waals surface area contributed by atoms with Gasteiger partial charge in [0, 0.05) is 29.8 Å². The minimum absolute atomic E-state index is 0.0616. The lowest BCUT2D eigenvalue weighted by Gasteiger charge is -2.11. The Kier molecular flexibility index (Phi) is 5.86. The molecule has 0 atom stereocenters. The van der Waals surface area contributed by atoms with E-state index in [-0.39, 0.29) is 17.7 Å². The molecule has 0 radical (unpaired) electrons. The lowest BCUT2D eigenvalue weighted by Crippen LogP contribution is -2.20. The first-order valence-corrected chi connectivity index (χ1v) is 9.02. The van der Waals surface area contributed by atoms with Crippen LogP contribution in [0.25, 0.3) is 0 Å². The van der Waals surface area contributed by atoms with Crippen LogP contribution in [0.15, 0.2) is 48.5 Å². The quantitative estimate of drug-likeness (QED) is 0.619. The number of ether oxygens (including phenoxy) is 1. The lowest BCUT2D eigenvalue weighted by molar-refractivity contribution is -0.131. The zero-order valence-electron chi connectivity index (χ0n) is 15.2. The Balaban J connectivity index is 1.60. The van der Waals surface area contributed by atoms with Crippen molar-refractivity contribution in [2.24, 2.45) is 5.92 Å². The number of nitrogens with one attached hydrogen (secondary N) is 2. The van der Waals surface area contributed by atoms with Gasteiger partial charge in [0.1, 0.15) is 5.75 Å². The van der Waals surface area contributed by atoms with Crippen LogP contribution in [0.2, 0.25) is 0 Å². The van der Waals surface area contributed by atoms with E-state index in [2.05, 4.69) is 10.6 Å². The third-order valence-electron chi connectivity index (χ3n) is 4.49. The van der Waals surface area contributed by atoms with Gasteiger partial charge in [0.15, 0.2) is 0 Å². The van der Waals surface area contributed by atoms with Gasteiger partial charge in [-0.05, 0) is 55.3 Å². The van der Waals surface area contributed by atoms with Crippen LogP contribution < -0.4 is 15.4 Å². The van der Waals surface area contributed by atoms with Crippen LogP contribution in [0.3, 0.4) is 0 Å². The van der Waals surface area contributed by atoms with Crippen molar-refractivity contribution >= 4 is 29.2 Å². The number of carbonyl (C=O) groups excluding carboxylic acids is 3. The van der Waals surface area contributed by atoms with Gasteiger partial charge >= 0.3 is 5.97 Å². The van der Waals surface area contributed by atoms with Gasteiger partial charge in [0.25, 0.3) is 5.91 Å². The minimum atomic E-state index is -0.442. The van der Waals surface area contributed by atoms with Gasteiger partial charge in [-0.1, -0.05) is 18.9 Å². The Morgan fingerprint density at radius 1 is 0.926 bits per heavy atom. The summed E-state index contributed by atoms with van der Waals surface area (Å²) in [4.78, 5) is 35.5. The Labute approximate surface area is 157 Å². The smallest absolute Gasteiger partial charge is 0.308 e. The monoisotopic (exact) mass is 366 g/mol. The summed E-state index contributed by atoms with van der Waals surface area (Å²) in [5.41, 5.74) is 1.70. The van der Waals surface area contributed by atoms with Crippen LogP contribution in [0, 0.1) is 5.92 Å². The molecule has 1 aliphatic carbocycles. The fourth-order valence-corrected chi connectivity index (χ4v) is 3.14. The van der Waals surface area contributed by atoms with Crippen LogP contribution in [0.5, 0.6) is 5.75 Å². The number of benzene rings is 2. The molecule has 2 amide bonds. The van der Waals surface area contributed by atoms with E-state index in [4.69, 9.17) is 4.74 Å². The molecule has 27 heavy (non-hydrogen) atoms. The number of hydrogen-bond donors (Lipinski definition) is 2. The molecule has 0 aliphatic heterocycles. The average molecular weight is 366 g/mol. The van der Waals surface area contributed by atoms with Gasteiger partial charge in [-0.2, -0.15) is 0 Å². The summed E-state index contributed by atoms with van der Waals surface area (Å²) in [5.74, 6) is -0.268. The maximum Gasteiger partial charge on any atom is 0.308 e. The van der Waals surface area contributed by atoms with Gasteiger partial charge in [-0.3, -0.25) is 14.4 Å². The van der Waals surface area contributed by atoms with Crippen molar-refractivity contribution in [3.8, 4) is 5.75 Å². The predicted molar refractivity (Wildman–Crippen MR) is 103 cm³/mol. The molecule has 0 heterocycles.